The van der Waals surface area contributed by atoms with E-state index >= 15 is 0 Å². The fourth-order valence-electron chi connectivity index (χ4n) is 3.51. The predicted molar refractivity (Wildman–Crippen MR) is 117 cm³/mol. The normalized spacial score (nSPS) is 15.8. The van der Waals surface area contributed by atoms with E-state index in [4.69, 9.17) is 0 Å². The number of nitrogens with zero attached hydrogens (tertiary/aromatic N) is 4. The van der Waals surface area contributed by atoms with E-state index in [1.165, 1.54) is 12.1 Å². The molecule has 0 atom stereocenters. The van der Waals surface area contributed by atoms with E-state index in [1.807, 2.05) is 37.2 Å². The first-order valence-corrected chi connectivity index (χ1v) is 10.2. The van der Waals surface area contributed by atoms with Crippen LogP contribution >= 0.6 is 0 Å². The molecule has 1 aliphatic heterocycles. The summed E-state index contributed by atoms with van der Waals surface area (Å²) in [6.07, 6.45) is 1.91. The van der Waals surface area contributed by atoms with E-state index in [2.05, 4.69) is 25.5 Å². The minimum Gasteiger partial charge on any atom is -0.363 e. The van der Waals surface area contributed by atoms with Crippen molar-refractivity contribution in [3.8, 4) is 0 Å². The third-order valence-electron chi connectivity index (χ3n) is 5.23. The summed E-state index contributed by atoms with van der Waals surface area (Å²) in [6, 6.07) is 10.4. The topological polar surface area (TPSA) is 55.8 Å². The molecule has 0 radical (unpaired) electrons. The standard InChI is InChI=1S/C22H30F2N6/c1-25-22(26-14-18-5-4-6-21(27-18)29(2)3)28-17-9-11-30(12-10-17)15-16-7-8-19(23)20(24)13-16/h4-8,13,17H,9-12,14-15H2,1-3H3,(H2,25,26,28). The molecule has 1 fully saturated rings. The number of aromatic nitrogens is 1. The Labute approximate surface area is 177 Å². The van der Waals surface area contributed by atoms with Crippen LogP contribution in [0.25, 0.3) is 0 Å². The van der Waals surface area contributed by atoms with Crippen molar-refractivity contribution < 1.29 is 8.78 Å². The number of benzene rings is 1. The highest BCUT2D eigenvalue weighted by molar-refractivity contribution is 5.79. The number of rotatable bonds is 6. The zero-order valence-electron chi connectivity index (χ0n) is 17.8. The van der Waals surface area contributed by atoms with Crippen LogP contribution in [0.5, 0.6) is 0 Å². The molecule has 2 heterocycles. The minimum atomic E-state index is -0.802. The molecule has 3 rings (SSSR count). The Balaban J connectivity index is 1.45. The average molecular weight is 417 g/mol. The Morgan fingerprint density at radius 3 is 2.60 bits per heavy atom. The van der Waals surface area contributed by atoms with Crippen LogP contribution in [-0.4, -0.2) is 56.1 Å². The van der Waals surface area contributed by atoms with E-state index in [-0.39, 0.29) is 0 Å². The van der Waals surface area contributed by atoms with Gasteiger partial charge in [0, 0.05) is 46.8 Å². The number of anilines is 1. The zero-order valence-corrected chi connectivity index (χ0v) is 17.8. The van der Waals surface area contributed by atoms with Gasteiger partial charge in [0.25, 0.3) is 0 Å². The maximum atomic E-state index is 13.4. The van der Waals surface area contributed by atoms with Crippen LogP contribution in [0.3, 0.4) is 0 Å². The van der Waals surface area contributed by atoms with Crippen molar-refractivity contribution in [2.24, 2.45) is 4.99 Å². The van der Waals surface area contributed by atoms with Gasteiger partial charge < -0.3 is 15.5 Å². The molecule has 2 aromatic rings. The Hall–Kier alpha value is -2.74. The summed E-state index contributed by atoms with van der Waals surface area (Å²) in [5.41, 5.74) is 1.75. The number of nitrogens with one attached hydrogen (secondary N) is 2. The second-order valence-corrected chi connectivity index (χ2v) is 7.75. The molecule has 8 heteroatoms. The average Bonchev–Trinajstić information content (AvgIpc) is 2.75. The van der Waals surface area contributed by atoms with Crippen molar-refractivity contribution >= 4 is 11.8 Å². The first-order valence-electron chi connectivity index (χ1n) is 10.2. The molecule has 1 saturated heterocycles. The van der Waals surface area contributed by atoms with Crippen molar-refractivity contribution in [2.45, 2.75) is 32.0 Å². The van der Waals surface area contributed by atoms with Gasteiger partial charge in [-0.1, -0.05) is 12.1 Å². The molecule has 0 aliphatic carbocycles. The molecule has 0 spiro atoms. The molecule has 0 bridgehead atoms. The fourth-order valence-corrected chi connectivity index (χ4v) is 3.51. The highest BCUT2D eigenvalue weighted by Gasteiger charge is 2.20. The van der Waals surface area contributed by atoms with Crippen molar-refractivity contribution in [1.82, 2.24) is 20.5 Å². The quantitative estimate of drug-likeness (QED) is 0.560. The van der Waals surface area contributed by atoms with Gasteiger partial charge in [0.05, 0.1) is 12.2 Å². The summed E-state index contributed by atoms with van der Waals surface area (Å²) in [5.74, 6) is 0.0884. The Bertz CT molecular complexity index is 862. The van der Waals surface area contributed by atoms with Crippen molar-refractivity contribution in [3.05, 3.63) is 59.3 Å². The van der Waals surface area contributed by atoms with Crippen molar-refractivity contribution in [1.29, 1.82) is 0 Å². The van der Waals surface area contributed by atoms with Crippen LogP contribution in [0.4, 0.5) is 14.6 Å². The third-order valence-corrected chi connectivity index (χ3v) is 5.23. The Morgan fingerprint density at radius 1 is 1.17 bits per heavy atom. The molecule has 2 N–H and O–H groups in total. The summed E-state index contributed by atoms with van der Waals surface area (Å²) in [5, 5.41) is 6.81. The zero-order chi connectivity index (χ0) is 21.5. The number of guanidine groups is 1. The summed E-state index contributed by atoms with van der Waals surface area (Å²) in [7, 11) is 5.70. The smallest absolute Gasteiger partial charge is 0.191 e. The maximum absolute atomic E-state index is 13.4. The third kappa shape index (κ3) is 6.13. The lowest BCUT2D eigenvalue weighted by Gasteiger charge is -2.33. The van der Waals surface area contributed by atoms with Gasteiger partial charge in [-0.25, -0.2) is 13.8 Å². The largest absolute Gasteiger partial charge is 0.363 e. The summed E-state index contributed by atoms with van der Waals surface area (Å²) < 4.78 is 26.5. The van der Waals surface area contributed by atoms with Crippen LogP contribution < -0.4 is 15.5 Å². The molecule has 162 valence electrons. The van der Waals surface area contributed by atoms with Gasteiger partial charge >= 0.3 is 0 Å². The molecule has 1 aliphatic rings. The van der Waals surface area contributed by atoms with E-state index in [0.29, 0.717) is 19.1 Å². The lowest BCUT2D eigenvalue weighted by molar-refractivity contribution is 0.198. The number of pyridine rings is 1. The molecular formula is C22H30F2N6. The van der Waals surface area contributed by atoms with Crippen LogP contribution in [0.2, 0.25) is 0 Å². The molecule has 0 saturated carbocycles. The monoisotopic (exact) mass is 416 g/mol. The van der Waals surface area contributed by atoms with Gasteiger partial charge in [0.2, 0.25) is 0 Å². The highest BCUT2D eigenvalue weighted by atomic mass is 19.2. The Morgan fingerprint density at radius 2 is 1.93 bits per heavy atom. The SMILES string of the molecule is CN=C(NCc1cccc(N(C)C)n1)NC1CCN(Cc2ccc(F)c(F)c2)CC1. The minimum absolute atomic E-state index is 0.318. The van der Waals surface area contributed by atoms with Gasteiger partial charge in [-0.3, -0.25) is 9.89 Å². The predicted octanol–water partition coefficient (Wildman–Crippen LogP) is 2.76. The lowest BCUT2D eigenvalue weighted by Crippen LogP contribution is -2.48. The van der Waals surface area contributed by atoms with Gasteiger partial charge in [-0.2, -0.15) is 0 Å². The Kier molecular flexibility index (Phi) is 7.57. The first kappa shape index (κ1) is 22.0. The first-order chi connectivity index (χ1) is 14.4. The number of halogens is 2. The second-order valence-electron chi connectivity index (χ2n) is 7.75. The van der Waals surface area contributed by atoms with Gasteiger partial charge in [0.1, 0.15) is 5.82 Å². The molecule has 1 aromatic heterocycles. The number of likely N-dealkylation sites (tertiary alicyclic amines) is 1. The lowest BCUT2D eigenvalue weighted by atomic mass is 10.0. The van der Waals surface area contributed by atoms with Crippen LogP contribution in [-0.2, 0) is 13.1 Å². The molecule has 6 nitrogen and oxygen atoms in total. The van der Waals surface area contributed by atoms with E-state index in [0.717, 1.165) is 49.0 Å². The molecule has 1 aromatic carbocycles. The van der Waals surface area contributed by atoms with Crippen molar-refractivity contribution in [3.63, 3.8) is 0 Å². The van der Waals surface area contributed by atoms with E-state index in [9.17, 15) is 8.78 Å². The molecule has 0 amide bonds. The fraction of sp³-hybridized carbons (Fsp3) is 0.455. The van der Waals surface area contributed by atoms with Crippen molar-refractivity contribution in [2.75, 3.05) is 39.1 Å². The molecular weight excluding hydrogens is 386 g/mol. The van der Waals surface area contributed by atoms with E-state index in [1.54, 1.807) is 13.1 Å². The number of hydrogen-bond donors (Lipinski definition) is 2. The van der Waals surface area contributed by atoms with Gasteiger partial charge in [-0.15, -0.1) is 0 Å². The number of hydrogen-bond acceptors (Lipinski definition) is 4. The van der Waals surface area contributed by atoms with Crippen LogP contribution in [0.15, 0.2) is 41.4 Å². The molecule has 30 heavy (non-hydrogen) atoms. The maximum Gasteiger partial charge on any atom is 0.191 e. The number of piperidine rings is 1. The van der Waals surface area contributed by atoms with Crippen LogP contribution in [0, 0.1) is 11.6 Å². The number of aliphatic imine (C=N–C) groups is 1. The highest BCUT2D eigenvalue weighted by Crippen LogP contribution is 2.16. The summed E-state index contributed by atoms with van der Waals surface area (Å²) in [4.78, 5) is 13.2. The van der Waals surface area contributed by atoms with Crippen LogP contribution in [0.1, 0.15) is 24.1 Å². The second kappa shape index (κ2) is 10.3. The summed E-state index contributed by atoms with van der Waals surface area (Å²) in [6.45, 7) is 3.00. The molecule has 0 unspecified atom stereocenters. The summed E-state index contributed by atoms with van der Waals surface area (Å²) >= 11 is 0. The van der Waals surface area contributed by atoms with Gasteiger partial charge in [0.15, 0.2) is 17.6 Å². The van der Waals surface area contributed by atoms with Gasteiger partial charge in [-0.05, 0) is 42.7 Å². The van der Waals surface area contributed by atoms with E-state index < -0.39 is 11.6 Å².